The van der Waals surface area contributed by atoms with Crippen molar-refractivity contribution in [2.45, 2.75) is 19.9 Å². The number of carbonyl (C=O) groups excluding carboxylic acids is 2. The van der Waals surface area contributed by atoms with Crippen LogP contribution >= 0.6 is 11.3 Å². The van der Waals surface area contributed by atoms with Gasteiger partial charge in [-0.3, -0.25) is 9.36 Å². The fourth-order valence-electron chi connectivity index (χ4n) is 4.83. The average Bonchev–Trinajstić information content (AvgIpc) is 3.34. The molecular weight excluding hydrogens is 568 g/mol. The van der Waals surface area contributed by atoms with Crippen LogP contribution < -0.4 is 24.4 Å². The largest absolute Gasteiger partial charge is 0.493 e. The van der Waals surface area contributed by atoms with Gasteiger partial charge in [0.15, 0.2) is 22.9 Å². The average molecular weight is 599 g/mol. The van der Waals surface area contributed by atoms with Crippen molar-refractivity contribution in [3.63, 3.8) is 0 Å². The molecule has 43 heavy (non-hydrogen) atoms. The van der Waals surface area contributed by atoms with E-state index >= 15 is 0 Å². The maximum atomic E-state index is 14.1. The molecule has 0 amide bonds. The molecule has 0 saturated heterocycles. The summed E-state index contributed by atoms with van der Waals surface area (Å²) in [6.07, 6.45) is 1.67. The molecule has 220 valence electrons. The van der Waals surface area contributed by atoms with E-state index in [0.29, 0.717) is 32.1 Å². The molecule has 3 aromatic carbocycles. The van der Waals surface area contributed by atoms with E-state index in [-0.39, 0.29) is 31.0 Å². The van der Waals surface area contributed by atoms with E-state index < -0.39 is 18.0 Å². The van der Waals surface area contributed by atoms with Crippen molar-refractivity contribution < 1.29 is 28.5 Å². The summed E-state index contributed by atoms with van der Waals surface area (Å²) in [5.74, 6) is -0.387. The van der Waals surface area contributed by atoms with E-state index in [2.05, 4.69) is 0 Å². The van der Waals surface area contributed by atoms with Gasteiger partial charge in [0.2, 0.25) is 0 Å². The van der Waals surface area contributed by atoms with E-state index in [9.17, 15) is 14.4 Å². The maximum Gasteiger partial charge on any atom is 0.344 e. The van der Waals surface area contributed by atoms with Gasteiger partial charge in [-0.25, -0.2) is 14.6 Å². The minimum absolute atomic E-state index is 0.167. The lowest BCUT2D eigenvalue weighted by atomic mass is 9.93. The second kappa shape index (κ2) is 13.3. The number of methoxy groups -OCH3 is 1. The molecule has 4 aromatic rings. The van der Waals surface area contributed by atoms with Crippen LogP contribution in [-0.4, -0.2) is 43.4 Å². The zero-order chi connectivity index (χ0) is 30.3. The number of ether oxygens (including phenoxy) is 4. The van der Waals surface area contributed by atoms with Gasteiger partial charge in [0.1, 0.15) is 0 Å². The van der Waals surface area contributed by atoms with Crippen LogP contribution in [0.5, 0.6) is 11.5 Å². The Bertz CT molecular complexity index is 1840. The first-order chi connectivity index (χ1) is 21.0. The van der Waals surface area contributed by atoms with Crippen LogP contribution in [0.2, 0.25) is 0 Å². The first kappa shape index (κ1) is 29.5. The number of aromatic nitrogens is 1. The zero-order valence-electron chi connectivity index (χ0n) is 23.9. The number of rotatable bonds is 10. The Balaban J connectivity index is 1.74. The van der Waals surface area contributed by atoms with Crippen molar-refractivity contribution in [3.05, 3.63) is 121 Å². The molecule has 0 bridgehead atoms. The molecule has 0 radical (unpaired) electrons. The fourth-order valence-corrected chi connectivity index (χ4v) is 5.82. The smallest absolute Gasteiger partial charge is 0.344 e. The summed E-state index contributed by atoms with van der Waals surface area (Å²) in [6, 6.07) is 23.2. The number of thiazole rings is 1. The van der Waals surface area contributed by atoms with Gasteiger partial charge in [0.05, 0.1) is 42.2 Å². The van der Waals surface area contributed by atoms with Crippen LogP contribution in [0.25, 0.3) is 11.8 Å². The van der Waals surface area contributed by atoms with Gasteiger partial charge in [-0.15, -0.1) is 0 Å². The normalized spacial score (nSPS) is 14.5. The van der Waals surface area contributed by atoms with E-state index in [1.807, 2.05) is 60.7 Å². The number of esters is 2. The lowest BCUT2D eigenvalue weighted by Gasteiger charge is -2.25. The Kier molecular flexibility index (Phi) is 9.17. The molecule has 1 atom stereocenters. The third kappa shape index (κ3) is 6.14. The topological polar surface area (TPSA) is 105 Å². The Morgan fingerprint density at radius 3 is 2.30 bits per heavy atom. The van der Waals surface area contributed by atoms with Gasteiger partial charge in [0.25, 0.3) is 5.56 Å². The van der Waals surface area contributed by atoms with Crippen molar-refractivity contribution in [2.75, 3.05) is 26.9 Å². The van der Waals surface area contributed by atoms with Crippen LogP contribution in [0, 0.1) is 0 Å². The van der Waals surface area contributed by atoms with Gasteiger partial charge in [0, 0.05) is 11.1 Å². The van der Waals surface area contributed by atoms with Crippen LogP contribution in [0.3, 0.4) is 0 Å². The SMILES string of the molecule is CCOC(=O)COc1c(/C=c2\sc3n(c2=O)[C@@H](c2ccccc2)C(C(=O)OCC)=C(c2ccccc2)N=3)cccc1OC. The molecule has 0 N–H and O–H groups in total. The third-order valence-corrected chi connectivity index (χ3v) is 7.63. The molecule has 10 heteroatoms. The van der Waals surface area contributed by atoms with Gasteiger partial charge < -0.3 is 18.9 Å². The molecule has 0 aliphatic carbocycles. The minimum atomic E-state index is -0.779. The number of hydrogen-bond acceptors (Lipinski definition) is 9. The lowest BCUT2D eigenvalue weighted by Crippen LogP contribution is -2.40. The summed E-state index contributed by atoms with van der Waals surface area (Å²) >= 11 is 1.19. The molecule has 5 rings (SSSR count). The molecule has 1 aliphatic rings. The van der Waals surface area contributed by atoms with Crippen molar-refractivity contribution >= 4 is 35.0 Å². The van der Waals surface area contributed by atoms with Gasteiger partial charge in [-0.1, -0.05) is 84.1 Å². The molecule has 1 aliphatic heterocycles. The molecule has 9 nitrogen and oxygen atoms in total. The number of fused-ring (bicyclic) bond motifs is 1. The van der Waals surface area contributed by atoms with Crippen molar-refractivity contribution in [1.82, 2.24) is 4.57 Å². The Morgan fingerprint density at radius 1 is 0.930 bits per heavy atom. The van der Waals surface area contributed by atoms with Crippen LogP contribution in [-0.2, 0) is 19.1 Å². The first-order valence-electron chi connectivity index (χ1n) is 13.8. The van der Waals surface area contributed by atoms with Crippen molar-refractivity contribution in [2.24, 2.45) is 4.99 Å². The Hall–Kier alpha value is -4.96. The summed E-state index contributed by atoms with van der Waals surface area (Å²) in [5.41, 5.74) is 2.37. The highest BCUT2D eigenvalue weighted by atomic mass is 32.1. The predicted octanol–water partition coefficient (Wildman–Crippen LogP) is 3.89. The molecule has 0 spiro atoms. The second-order valence-corrected chi connectivity index (χ2v) is 10.3. The molecule has 0 unspecified atom stereocenters. The highest BCUT2D eigenvalue weighted by Gasteiger charge is 2.35. The quantitative estimate of drug-likeness (QED) is 0.255. The Labute approximate surface area is 252 Å². The van der Waals surface area contributed by atoms with Gasteiger partial charge >= 0.3 is 11.9 Å². The van der Waals surface area contributed by atoms with E-state index in [1.54, 1.807) is 38.1 Å². The summed E-state index contributed by atoms with van der Waals surface area (Å²) in [4.78, 5) is 45.0. The Morgan fingerprint density at radius 2 is 1.63 bits per heavy atom. The lowest BCUT2D eigenvalue weighted by molar-refractivity contribution is -0.145. The van der Waals surface area contributed by atoms with E-state index in [0.717, 1.165) is 11.1 Å². The number of carbonyl (C=O) groups is 2. The number of hydrogen-bond donors (Lipinski definition) is 0. The van der Waals surface area contributed by atoms with Gasteiger partial charge in [-0.2, -0.15) is 0 Å². The monoisotopic (exact) mass is 598 g/mol. The summed E-state index contributed by atoms with van der Waals surface area (Å²) in [7, 11) is 1.49. The molecule has 0 fully saturated rings. The minimum Gasteiger partial charge on any atom is -0.493 e. The van der Waals surface area contributed by atoms with E-state index in [1.165, 1.54) is 23.0 Å². The number of nitrogens with zero attached hydrogens (tertiary/aromatic N) is 2. The van der Waals surface area contributed by atoms with Crippen molar-refractivity contribution in [1.29, 1.82) is 0 Å². The molecule has 1 aromatic heterocycles. The molecular formula is C33H30N2O7S. The highest BCUT2D eigenvalue weighted by molar-refractivity contribution is 7.07. The highest BCUT2D eigenvalue weighted by Crippen LogP contribution is 2.35. The summed E-state index contributed by atoms with van der Waals surface area (Å²) in [5, 5.41) is 0. The molecule has 0 saturated carbocycles. The predicted molar refractivity (Wildman–Crippen MR) is 163 cm³/mol. The second-order valence-electron chi connectivity index (χ2n) is 9.31. The molecule has 2 heterocycles. The summed E-state index contributed by atoms with van der Waals surface area (Å²) in [6.45, 7) is 3.52. The number of para-hydroxylation sites is 1. The standard InChI is InChI=1S/C33H30N2O7S/c1-4-40-26(36)20-42-30-23(17-12-18-24(30)39-3)19-25-31(37)35-29(22-15-10-7-11-16-22)27(32(38)41-5-2)28(34-33(35)43-25)21-13-8-6-9-14-21/h6-19,29H,4-5,20H2,1-3H3/b25-19-/t29-/m0/s1. The zero-order valence-corrected chi connectivity index (χ0v) is 24.8. The van der Waals surface area contributed by atoms with Crippen LogP contribution in [0.15, 0.2) is 94.2 Å². The third-order valence-electron chi connectivity index (χ3n) is 6.64. The maximum absolute atomic E-state index is 14.1. The summed E-state index contributed by atoms with van der Waals surface area (Å²) < 4.78 is 23.7. The van der Waals surface area contributed by atoms with Gasteiger partial charge in [-0.05, 0) is 31.6 Å². The first-order valence-corrected chi connectivity index (χ1v) is 14.6. The van der Waals surface area contributed by atoms with Crippen molar-refractivity contribution in [3.8, 4) is 11.5 Å². The van der Waals surface area contributed by atoms with E-state index in [4.69, 9.17) is 23.9 Å². The van der Waals surface area contributed by atoms with Crippen LogP contribution in [0.1, 0.15) is 36.6 Å². The van der Waals surface area contributed by atoms with Crippen LogP contribution in [0.4, 0.5) is 0 Å². The number of benzene rings is 3. The fraction of sp³-hybridized carbons (Fsp3) is 0.212.